The molecule has 0 radical (unpaired) electrons. The molecule has 148 valence electrons. The Bertz CT molecular complexity index is 1040. The van der Waals surface area contributed by atoms with Crippen molar-refractivity contribution in [3.8, 4) is 5.75 Å². The molecule has 0 unspecified atom stereocenters. The highest BCUT2D eigenvalue weighted by Gasteiger charge is 2.23. The van der Waals surface area contributed by atoms with Crippen LogP contribution in [-0.2, 0) is 0 Å². The lowest BCUT2D eigenvalue weighted by molar-refractivity contribution is -0.384. The number of anilines is 4. The number of nitrogens with one attached hydrogen (secondary N) is 2. The van der Waals surface area contributed by atoms with E-state index in [9.17, 15) is 20.2 Å². The van der Waals surface area contributed by atoms with Gasteiger partial charge in [0.2, 0.25) is 11.6 Å². The minimum atomic E-state index is -0.628. The van der Waals surface area contributed by atoms with Crippen LogP contribution in [0.1, 0.15) is 6.92 Å². The lowest BCUT2D eigenvalue weighted by Crippen LogP contribution is -2.05. The van der Waals surface area contributed by atoms with E-state index in [1.165, 1.54) is 18.2 Å². The molecule has 1 heterocycles. The van der Waals surface area contributed by atoms with Gasteiger partial charge >= 0.3 is 5.69 Å². The average Bonchev–Trinajstić information content (AvgIpc) is 2.70. The maximum Gasteiger partial charge on any atom is 0.353 e. The SMILES string of the molecule is CCOc1ccc(Nc2ncnc(Nc3cccc([N+](=O)[O-])c3)c2[N+](=O)[O-])cc1. The smallest absolute Gasteiger partial charge is 0.353 e. The molecule has 11 heteroatoms. The first-order chi connectivity index (χ1) is 14.0. The summed E-state index contributed by atoms with van der Waals surface area (Å²) in [5, 5.41) is 28.2. The number of nitrogens with zero attached hydrogens (tertiary/aromatic N) is 4. The first-order valence-corrected chi connectivity index (χ1v) is 8.48. The fourth-order valence-electron chi connectivity index (χ4n) is 2.51. The number of hydrogen-bond acceptors (Lipinski definition) is 9. The van der Waals surface area contributed by atoms with Crippen LogP contribution in [0, 0.1) is 20.2 Å². The molecule has 0 aliphatic rings. The van der Waals surface area contributed by atoms with Crippen LogP contribution in [-0.4, -0.2) is 26.4 Å². The molecule has 0 amide bonds. The highest BCUT2D eigenvalue weighted by Crippen LogP contribution is 2.33. The maximum atomic E-state index is 11.7. The van der Waals surface area contributed by atoms with Crippen molar-refractivity contribution < 1.29 is 14.6 Å². The Morgan fingerprint density at radius 2 is 1.59 bits per heavy atom. The van der Waals surface area contributed by atoms with E-state index in [2.05, 4.69) is 20.6 Å². The van der Waals surface area contributed by atoms with E-state index in [1.54, 1.807) is 30.3 Å². The van der Waals surface area contributed by atoms with Crippen LogP contribution in [0.4, 0.5) is 34.4 Å². The van der Waals surface area contributed by atoms with Crippen molar-refractivity contribution >= 4 is 34.4 Å². The summed E-state index contributed by atoms with van der Waals surface area (Å²) in [6.45, 7) is 2.39. The zero-order chi connectivity index (χ0) is 20.8. The molecule has 0 atom stereocenters. The molecular weight excluding hydrogens is 380 g/mol. The van der Waals surface area contributed by atoms with E-state index < -0.39 is 15.5 Å². The number of rotatable bonds is 8. The zero-order valence-electron chi connectivity index (χ0n) is 15.2. The van der Waals surface area contributed by atoms with Gasteiger partial charge in [-0.05, 0) is 37.3 Å². The van der Waals surface area contributed by atoms with E-state index >= 15 is 0 Å². The van der Waals surface area contributed by atoms with E-state index in [0.29, 0.717) is 18.0 Å². The third-order valence-corrected chi connectivity index (χ3v) is 3.75. The van der Waals surface area contributed by atoms with Crippen molar-refractivity contribution in [1.29, 1.82) is 0 Å². The molecule has 29 heavy (non-hydrogen) atoms. The van der Waals surface area contributed by atoms with Gasteiger partial charge < -0.3 is 15.4 Å². The van der Waals surface area contributed by atoms with Gasteiger partial charge in [0.15, 0.2) is 0 Å². The summed E-state index contributed by atoms with van der Waals surface area (Å²) in [5.41, 5.74) is 0.303. The number of nitro groups is 2. The first-order valence-electron chi connectivity index (χ1n) is 8.48. The Kier molecular flexibility index (Phi) is 5.78. The largest absolute Gasteiger partial charge is 0.494 e. The summed E-state index contributed by atoms with van der Waals surface area (Å²) in [6, 6.07) is 12.4. The second-order valence-electron chi connectivity index (χ2n) is 5.69. The highest BCUT2D eigenvalue weighted by molar-refractivity contribution is 5.77. The van der Waals surface area contributed by atoms with Crippen LogP contribution < -0.4 is 15.4 Å². The van der Waals surface area contributed by atoms with E-state index in [0.717, 1.165) is 6.33 Å². The standard InChI is InChI=1S/C18H16N6O5/c1-2-29-15-8-6-12(7-9-15)21-17-16(24(27)28)18(20-11-19-17)22-13-4-3-5-14(10-13)23(25)26/h3-11H,2H2,1H3,(H2,19,20,21,22). The van der Waals surface area contributed by atoms with Gasteiger partial charge in [0.25, 0.3) is 5.69 Å². The molecule has 1 aromatic heterocycles. The maximum absolute atomic E-state index is 11.7. The van der Waals surface area contributed by atoms with Crippen LogP contribution in [0.25, 0.3) is 0 Å². The topological polar surface area (TPSA) is 145 Å². The quantitative estimate of drug-likeness (QED) is 0.423. The number of nitro benzene ring substituents is 1. The highest BCUT2D eigenvalue weighted by atomic mass is 16.6. The Balaban J connectivity index is 1.90. The third kappa shape index (κ3) is 4.71. The van der Waals surface area contributed by atoms with E-state index in [4.69, 9.17) is 4.74 Å². The van der Waals surface area contributed by atoms with Crippen molar-refractivity contribution in [2.24, 2.45) is 0 Å². The molecule has 3 rings (SSSR count). The molecule has 0 bridgehead atoms. The van der Waals surface area contributed by atoms with Crippen molar-refractivity contribution in [2.45, 2.75) is 6.92 Å². The number of benzene rings is 2. The van der Waals surface area contributed by atoms with Crippen LogP contribution in [0.3, 0.4) is 0 Å². The predicted molar refractivity (Wildman–Crippen MR) is 106 cm³/mol. The summed E-state index contributed by atoms with van der Waals surface area (Å²) in [5.74, 6) is 0.546. The summed E-state index contributed by atoms with van der Waals surface area (Å²) in [7, 11) is 0. The summed E-state index contributed by atoms with van der Waals surface area (Å²) in [4.78, 5) is 29.3. The molecule has 0 aliphatic heterocycles. The monoisotopic (exact) mass is 396 g/mol. The van der Waals surface area contributed by atoms with Gasteiger partial charge in [-0.2, -0.15) is 0 Å². The number of aromatic nitrogens is 2. The van der Waals surface area contributed by atoms with Gasteiger partial charge in [0.1, 0.15) is 12.1 Å². The molecule has 0 aliphatic carbocycles. The van der Waals surface area contributed by atoms with Crippen molar-refractivity contribution in [3.63, 3.8) is 0 Å². The van der Waals surface area contributed by atoms with Gasteiger partial charge in [0, 0.05) is 23.5 Å². The molecule has 11 nitrogen and oxygen atoms in total. The molecule has 3 aromatic rings. The molecular formula is C18H16N6O5. The first kappa shape index (κ1) is 19.5. The zero-order valence-corrected chi connectivity index (χ0v) is 15.2. The fraction of sp³-hybridized carbons (Fsp3) is 0.111. The Morgan fingerprint density at radius 1 is 0.931 bits per heavy atom. The van der Waals surface area contributed by atoms with Crippen molar-refractivity contribution in [2.75, 3.05) is 17.2 Å². The van der Waals surface area contributed by atoms with Crippen LogP contribution in [0.5, 0.6) is 5.75 Å². The van der Waals surface area contributed by atoms with Gasteiger partial charge in [-0.25, -0.2) is 9.97 Å². The van der Waals surface area contributed by atoms with Crippen molar-refractivity contribution in [1.82, 2.24) is 9.97 Å². The second-order valence-corrected chi connectivity index (χ2v) is 5.69. The van der Waals surface area contributed by atoms with Crippen molar-refractivity contribution in [3.05, 3.63) is 75.1 Å². The Hall–Kier alpha value is -4.28. The van der Waals surface area contributed by atoms with Gasteiger partial charge in [-0.1, -0.05) is 6.07 Å². The molecule has 0 spiro atoms. The molecule has 2 N–H and O–H groups in total. The summed E-state index contributed by atoms with van der Waals surface area (Å²) >= 11 is 0. The summed E-state index contributed by atoms with van der Waals surface area (Å²) in [6.07, 6.45) is 1.16. The lowest BCUT2D eigenvalue weighted by atomic mass is 10.2. The van der Waals surface area contributed by atoms with E-state index in [1.807, 2.05) is 6.92 Å². The minimum Gasteiger partial charge on any atom is -0.494 e. The normalized spacial score (nSPS) is 10.2. The Morgan fingerprint density at radius 3 is 2.17 bits per heavy atom. The fourth-order valence-corrected chi connectivity index (χ4v) is 2.51. The van der Waals surface area contributed by atoms with Crippen LogP contribution in [0.2, 0.25) is 0 Å². The second kappa shape index (κ2) is 8.61. The number of ether oxygens (including phenoxy) is 1. The minimum absolute atomic E-state index is 0.0258. The third-order valence-electron chi connectivity index (χ3n) is 3.75. The molecule has 0 saturated carbocycles. The molecule has 0 fully saturated rings. The van der Waals surface area contributed by atoms with Gasteiger partial charge in [-0.3, -0.25) is 20.2 Å². The summed E-state index contributed by atoms with van der Waals surface area (Å²) < 4.78 is 5.37. The predicted octanol–water partition coefficient (Wildman–Crippen LogP) is 4.18. The average molecular weight is 396 g/mol. The lowest BCUT2D eigenvalue weighted by Gasteiger charge is -2.10. The van der Waals surface area contributed by atoms with Crippen LogP contribution in [0.15, 0.2) is 54.9 Å². The van der Waals surface area contributed by atoms with Crippen LogP contribution >= 0.6 is 0 Å². The molecule has 0 saturated heterocycles. The van der Waals surface area contributed by atoms with Gasteiger partial charge in [0.05, 0.1) is 16.5 Å². The van der Waals surface area contributed by atoms with Gasteiger partial charge in [-0.15, -0.1) is 0 Å². The number of hydrogen-bond donors (Lipinski definition) is 2. The molecule has 2 aromatic carbocycles. The Labute approximate surface area is 164 Å². The number of non-ortho nitro benzene ring substituents is 1. The van der Waals surface area contributed by atoms with E-state index in [-0.39, 0.29) is 23.0 Å².